The zero-order valence-electron chi connectivity index (χ0n) is 14.6. The summed E-state index contributed by atoms with van der Waals surface area (Å²) in [6, 6.07) is 14.3. The van der Waals surface area contributed by atoms with Crippen molar-refractivity contribution in [2.24, 2.45) is 0 Å². The van der Waals surface area contributed by atoms with Crippen molar-refractivity contribution in [3.8, 4) is 5.75 Å². The number of aryl methyl sites for hydroxylation is 3. The van der Waals surface area contributed by atoms with Gasteiger partial charge in [0, 0.05) is 0 Å². The molecule has 1 N–H and O–H groups in total. The molecule has 0 fully saturated rings. The van der Waals surface area contributed by atoms with Crippen molar-refractivity contribution < 1.29 is 9.53 Å². The van der Waals surface area contributed by atoms with Gasteiger partial charge in [-0.05, 0) is 74.4 Å². The molecule has 0 saturated heterocycles. The first kappa shape index (κ1) is 16.6. The van der Waals surface area contributed by atoms with Crippen LogP contribution < -0.4 is 10.1 Å². The van der Waals surface area contributed by atoms with Crippen LogP contribution >= 0.6 is 0 Å². The Morgan fingerprint density at radius 3 is 2.67 bits per heavy atom. The number of rotatable bonds is 5. The van der Waals surface area contributed by atoms with Gasteiger partial charge in [-0.2, -0.15) is 0 Å². The molecule has 2 aromatic carbocycles. The second kappa shape index (κ2) is 7.08. The molecule has 0 radical (unpaired) electrons. The minimum absolute atomic E-state index is 0.0213. The third-order valence-corrected chi connectivity index (χ3v) is 4.65. The van der Waals surface area contributed by atoms with E-state index < -0.39 is 6.10 Å². The number of ether oxygens (including phenoxy) is 1. The third kappa shape index (κ3) is 3.78. The maximum Gasteiger partial charge on any atom is 0.261 e. The van der Waals surface area contributed by atoms with E-state index in [-0.39, 0.29) is 11.9 Å². The molecule has 1 aliphatic rings. The van der Waals surface area contributed by atoms with Crippen LogP contribution in [0.15, 0.2) is 42.5 Å². The predicted molar refractivity (Wildman–Crippen MR) is 96.3 cm³/mol. The first-order valence-electron chi connectivity index (χ1n) is 8.68. The van der Waals surface area contributed by atoms with Gasteiger partial charge in [-0.15, -0.1) is 0 Å². The fraction of sp³-hybridized carbons (Fsp3) is 0.381. The van der Waals surface area contributed by atoms with Crippen LogP contribution in [0, 0.1) is 6.92 Å². The summed E-state index contributed by atoms with van der Waals surface area (Å²) in [6.45, 7) is 5.81. The maximum absolute atomic E-state index is 12.4. The van der Waals surface area contributed by atoms with Crippen molar-refractivity contribution in [1.82, 2.24) is 5.32 Å². The minimum Gasteiger partial charge on any atom is -0.481 e. The lowest BCUT2D eigenvalue weighted by Crippen LogP contribution is -2.37. The summed E-state index contributed by atoms with van der Waals surface area (Å²) in [7, 11) is 0. The molecular weight excluding hydrogens is 298 g/mol. The minimum atomic E-state index is -0.524. The van der Waals surface area contributed by atoms with E-state index in [1.54, 1.807) is 6.92 Å². The molecule has 2 atom stereocenters. The van der Waals surface area contributed by atoms with Crippen molar-refractivity contribution in [2.45, 2.75) is 52.2 Å². The maximum atomic E-state index is 12.4. The van der Waals surface area contributed by atoms with Crippen molar-refractivity contribution in [3.63, 3.8) is 0 Å². The van der Waals surface area contributed by atoms with E-state index in [0.717, 1.165) is 23.3 Å². The van der Waals surface area contributed by atoms with E-state index in [0.29, 0.717) is 0 Å². The fourth-order valence-electron chi connectivity index (χ4n) is 3.22. The van der Waals surface area contributed by atoms with Crippen LogP contribution in [-0.2, 0) is 17.6 Å². The van der Waals surface area contributed by atoms with Crippen LogP contribution in [0.3, 0.4) is 0 Å². The van der Waals surface area contributed by atoms with Crippen LogP contribution in [0.5, 0.6) is 5.75 Å². The Kier molecular flexibility index (Phi) is 4.89. The summed E-state index contributed by atoms with van der Waals surface area (Å²) in [4.78, 5) is 12.4. The van der Waals surface area contributed by atoms with Gasteiger partial charge < -0.3 is 10.1 Å². The second-order valence-corrected chi connectivity index (χ2v) is 6.69. The molecule has 1 amide bonds. The highest BCUT2D eigenvalue weighted by Crippen LogP contribution is 2.25. The monoisotopic (exact) mass is 323 g/mol. The third-order valence-electron chi connectivity index (χ3n) is 4.65. The highest BCUT2D eigenvalue weighted by atomic mass is 16.5. The summed E-state index contributed by atoms with van der Waals surface area (Å²) in [5.74, 6) is 0.632. The number of carbonyl (C=O) groups is 1. The van der Waals surface area contributed by atoms with Gasteiger partial charge >= 0.3 is 0 Å². The summed E-state index contributed by atoms with van der Waals surface area (Å²) in [5, 5.41) is 3.06. The first-order chi connectivity index (χ1) is 11.5. The molecule has 2 aromatic rings. The predicted octanol–water partition coefficient (Wildman–Crippen LogP) is 4.13. The molecule has 3 rings (SSSR count). The number of hydrogen-bond donors (Lipinski definition) is 1. The molecule has 0 aromatic heterocycles. The molecular formula is C21H25NO2. The van der Waals surface area contributed by atoms with E-state index in [9.17, 15) is 4.79 Å². The highest BCUT2D eigenvalue weighted by molar-refractivity contribution is 5.81. The van der Waals surface area contributed by atoms with Crippen molar-refractivity contribution in [1.29, 1.82) is 0 Å². The van der Waals surface area contributed by atoms with Crippen molar-refractivity contribution in [2.75, 3.05) is 0 Å². The Morgan fingerprint density at radius 2 is 1.88 bits per heavy atom. The van der Waals surface area contributed by atoms with Gasteiger partial charge in [0.15, 0.2) is 6.10 Å². The van der Waals surface area contributed by atoms with Gasteiger partial charge in [-0.1, -0.05) is 30.3 Å². The summed E-state index contributed by atoms with van der Waals surface area (Å²) in [5.41, 5.74) is 5.16. The molecule has 0 unspecified atom stereocenters. The lowest BCUT2D eigenvalue weighted by atomic mass is 10.0. The number of fused-ring (bicyclic) bond motifs is 1. The average Bonchev–Trinajstić information content (AvgIpc) is 3.02. The molecule has 3 nitrogen and oxygen atoms in total. The SMILES string of the molecule is Cc1cccc(O[C@H](C)C(=O)N[C@H](C)c2ccc3c(c2)CCC3)c1. The van der Waals surface area contributed by atoms with E-state index in [1.807, 2.05) is 38.1 Å². The average molecular weight is 323 g/mol. The summed E-state index contributed by atoms with van der Waals surface area (Å²) < 4.78 is 5.76. The van der Waals surface area contributed by atoms with Gasteiger partial charge in [0.2, 0.25) is 0 Å². The molecule has 0 aliphatic heterocycles. The summed E-state index contributed by atoms with van der Waals surface area (Å²) in [6.07, 6.45) is 3.04. The van der Waals surface area contributed by atoms with Crippen molar-refractivity contribution >= 4 is 5.91 Å². The van der Waals surface area contributed by atoms with Gasteiger partial charge in [0.1, 0.15) is 5.75 Å². The molecule has 3 heteroatoms. The molecule has 126 valence electrons. The van der Waals surface area contributed by atoms with Gasteiger partial charge in [-0.25, -0.2) is 0 Å². The molecule has 0 spiro atoms. The lowest BCUT2D eigenvalue weighted by molar-refractivity contribution is -0.127. The van der Waals surface area contributed by atoms with Crippen LogP contribution in [-0.4, -0.2) is 12.0 Å². The van der Waals surface area contributed by atoms with Crippen molar-refractivity contribution in [3.05, 3.63) is 64.7 Å². The van der Waals surface area contributed by atoms with E-state index in [4.69, 9.17) is 4.74 Å². The van der Waals surface area contributed by atoms with E-state index in [2.05, 4.69) is 23.5 Å². The van der Waals surface area contributed by atoms with Crippen LogP contribution in [0.2, 0.25) is 0 Å². The Balaban J connectivity index is 1.61. The second-order valence-electron chi connectivity index (χ2n) is 6.69. The molecule has 0 saturated carbocycles. The topological polar surface area (TPSA) is 38.3 Å². The molecule has 0 heterocycles. The van der Waals surface area contributed by atoms with Gasteiger partial charge in [0.25, 0.3) is 5.91 Å². The normalized spacial score (nSPS) is 15.5. The number of nitrogens with one attached hydrogen (secondary N) is 1. The van der Waals surface area contributed by atoms with Crippen LogP contribution in [0.4, 0.5) is 0 Å². The number of amides is 1. The Hall–Kier alpha value is -2.29. The quantitative estimate of drug-likeness (QED) is 0.898. The zero-order valence-corrected chi connectivity index (χ0v) is 14.6. The van der Waals surface area contributed by atoms with E-state index >= 15 is 0 Å². The number of carbonyl (C=O) groups excluding carboxylic acids is 1. The standard InChI is InChI=1S/C21H25NO2/c1-14-6-4-9-20(12-14)24-16(3)21(23)22-15(2)18-11-10-17-7-5-8-19(17)13-18/h4,6,9-13,15-16H,5,7-8H2,1-3H3,(H,22,23)/t15-,16-/m1/s1. The first-order valence-corrected chi connectivity index (χ1v) is 8.68. The smallest absolute Gasteiger partial charge is 0.261 e. The number of hydrogen-bond acceptors (Lipinski definition) is 2. The fourth-order valence-corrected chi connectivity index (χ4v) is 3.22. The number of benzene rings is 2. The molecule has 0 bridgehead atoms. The largest absolute Gasteiger partial charge is 0.481 e. The van der Waals surface area contributed by atoms with Crippen LogP contribution in [0.1, 0.15) is 48.6 Å². The Bertz CT molecular complexity index is 738. The van der Waals surface area contributed by atoms with Gasteiger partial charge in [-0.3, -0.25) is 4.79 Å². The summed E-state index contributed by atoms with van der Waals surface area (Å²) >= 11 is 0. The highest BCUT2D eigenvalue weighted by Gasteiger charge is 2.19. The molecule has 1 aliphatic carbocycles. The molecule has 24 heavy (non-hydrogen) atoms. The lowest BCUT2D eigenvalue weighted by Gasteiger charge is -2.20. The Labute approximate surface area is 144 Å². The van der Waals surface area contributed by atoms with Crippen LogP contribution in [0.25, 0.3) is 0 Å². The Morgan fingerprint density at radius 1 is 1.08 bits per heavy atom. The van der Waals surface area contributed by atoms with E-state index in [1.165, 1.54) is 24.0 Å². The van der Waals surface area contributed by atoms with Gasteiger partial charge in [0.05, 0.1) is 6.04 Å². The zero-order chi connectivity index (χ0) is 17.1.